The molecule has 0 unspecified atom stereocenters. The molecular weight excluding hydrogens is 341 g/mol. The number of carbonyl (C=O) groups is 1. The van der Waals surface area contributed by atoms with Crippen LogP contribution in [0.4, 0.5) is 14.3 Å². The van der Waals surface area contributed by atoms with Gasteiger partial charge in [0.2, 0.25) is 0 Å². The van der Waals surface area contributed by atoms with Crippen LogP contribution in [0.5, 0.6) is 0 Å². The molecule has 0 aliphatic carbocycles. The number of rotatable bonds is 4. The van der Waals surface area contributed by atoms with Crippen LogP contribution in [0.2, 0.25) is 0 Å². The van der Waals surface area contributed by atoms with E-state index < -0.39 is 0 Å². The molecule has 0 spiro atoms. The molecule has 1 fully saturated rings. The van der Waals surface area contributed by atoms with Crippen LogP contribution in [-0.4, -0.2) is 41.2 Å². The second-order valence-electron chi connectivity index (χ2n) is 6.38. The van der Waals surface area contributed by atoms with Gasteiger partial charge in [-0.15, -0.1) is 11.3 Å². The quantitative estimate of drug-likeness (QED) is 0.876. The number of hydrogen-bond donors (Lipinski definition) is 1. The number of piperidine rings is 1. The molecule has 0 saturated carbocycles. The summed E-state index contributed by atoms with van der Waals surface area (Å²) in [5.41, 5.74) is 1.74. The molecule has 0 atom stereocenters. The third-order valence-electron chi connectivity index (χ3n) is 4.06. The van der Waals surface area contributed by atoms with Gasteiger partial charge < -0.3 is 15.0 Å². The van der Waals surface area contributed by atoms with E-state index in [2.05, 4.69) is 10.3 Å². The van der Waals surface area contributed by atoms with Gasteiger partial charge in [0.1, 0.15) is 5.82 Å². The van der Waals surface area contributed by atoms with Crippen molar-refractivity contribution < 1.29 is 13.9 Å². The standard InChI is InChI=1S/C18H22FN3O2S/c1-12(2)24-18(23)22-9-7-15(8-10-22)20-17-21-16(11-25-17)13-3-5-14(19)6-4-13/h3-6,11-12,15H,7-10H2,1-2H3,(H,20,21). The van der Waals surface area contributed by atoms with Gasteiger partial charge in [-0.3, -0.25) is 0 Å². The summed E-state index contributed by atoms with van der Waals surface area (Å²) in [6.07, 6.45) is 1.39. The number of ether oxygens (including phenoxy) is 1. The van der Waals surface area contributed by atoms with Gasteiger partial charge in [0, 0.05) is 30.1 Å². The van der Waals surface area contributed by atoms with E-state index in [0.717, 1.165) is 29.2 Å². The Hall–Kier alpha value is -2.15. The molecule has 2 aromatic rings. The van der Waals surface area contributed by atoms with E-state index in [9.17, 15) is 9.18 Å². The normalized spacial score (nSPS) is 15.4. The van der Waals surface area contributed by atoms with Gasteiger partial charge in [-0.1, -0.05) is 0 Å². The fourth-order valence-electron chi connectivity index (χ4n) is 2.75. The molecule has 1 aliphatic heterocycles. The number of nitrogens with zero attached hydrogens (tertiary/aromatic N) is 2. The van der Waals surface area contributed by atoms with Crippen LogP contribution in [0.1, 0.15) is 26.7 Å². The van der Waals surface area contributed by atoms with Crippen molar-refractivity contribution in [2.45, 2.75) is 38.8 Å². The van der Waals surface area contributed by atoms with E-state index in [1.54, 1.807) is 17.0 Å². The number of likely N-dealkylation sites (tertiary alicyclic amines) is 1. The Morgan fingerprint density at radius 3 is 2.64 bits per heavy atom. The zero-order chi connectivity index (χ0) is 17.8. The van der Waals surface area contributed by atoms with E-state index in [4.69, 9.17) is 4.74 Å². The molecule has 7 heteroatoms. The zero-order valence-electron chi connectivity index (χ0n) is 14.4. The highest BCUT2D eigenvalue weighted by Gasteiger charge is 2.24. The zero-order valence-corrected chi connectivity index (χ0v) is 15.2. The summed E-state index contributed by atoms with van der Waals surface area (Å²) in [5, 5.41) is 6.25. The molecule has 2 heterocycles. The van der Waals surface area contributed by atoms with Gasteiger partial charge in [-0.2, -0.15) is 0 Å². The molecule has 3 rings (SSSR count). The Bertz CT molecular complexity index is 709. The summed E-state index contributed by atoms with van der Waals surface area (Å²) >= 11 is 1.54. The number of halogens is 1. The molecule has 5 nitrogen and oxygen atoms in total. The van der Waals surface area contributed by atoms with Crippen molar-refractivity contribution in [3.63, 3.8) is 0 Å². The SMILES string of the molecule is CC(C)OC(=O)N1CCC(Nc2nc(-c3ccc(F)cc3)cs2)CC1. The first-order valence-electron chi connectivity index (χ1n) is 8.45. The lowest BCUT2D eigenvalue weighted by Crippen LogP contribution is -2.43. The summed E-state index contributed by atoms with van der Waals surface area (Å²) in [6.45, 7) is 5.07. The summed E-state index contributed by atoms with van der Waals surface area (Å²) in [6, 6.07) is 6.62. The average Bonchev–Trinajstić information content (AvgIpc) is 3.04. The van der Waals surface area contributed by atoms with Crippen LogP contribution in [0.3, 0.4) is 0 Å². The van der Waals surface area contributed by atoms with Crippen molar-refractivity contribution in [1.29, 1.82) is 0 Å². The first kappa shape index (κ1) is 17.7. The van der Waals surface area contributed by atoms with E-state index in [0.29, 0.717) is 13.1 Å². The molecule has 1 aliphatic rings. The van der Waals surface area contributed by atoms with Crippen molar-refractivity contribution >= 4 is 22.6 Å². The Balaban J connectivity index is 1.53. The van der Waals surface area contributed by atoms with Crippen LogP contribution in [0.25, 0.3) is 11.3 Å². The second-order valence-corrected chi connectivity index (χ2v) is 7.24. The Kier molecular flexibility index (Phi) is 5.53. The van der Waals surface area contributed by atoms with Crippen LogP contribution in [0.15, 0.2) is 29.6 Å². The van der Waals surface area contributed by atoms with Crippen LogP contribution >= 0.6 is 11.3 Å². The van der Waals surface area contributed by atoms with Crippen LogP contribution in [0, 0.1) is 5.82 Å². The van der Waals surface area contributed by atoms with Gasteiger partial charge >= 0.3 is 6.09 Å². The lowest BCUT2D eigenvalue weighted by atomic mass is 10.1. The third kappa shape index (κ3) is 4.69. The Labute approximate surface area is 150 Å². The van der Waals surface area contributed by atoms with Crippen molar-refractivity contribution in [3.8, 4) is 11.3 Å². The van der Waals surface area contributed by atoms with Crippen molar-refractivity contribution in [1.82, 2.24) is 9.88 Å². The first-order valence-corrected chi connectivity index (χ1v) is 9.33. The number of aromatic nitrogens is 1. The number of anilines is 1. The predicted molar refractivity (Wildman–Crippen MR) is 97.3 cm³/mol. The summed E-state index contributed by atoms with van der Waals surface area (Å²) in [7, 11) is 0. The summed E-state index contributed by atoms with van der Waals surface area (Å²) < 4.78 is 18.2. The fraction of sp³-hybridized carbons (Fsp3) is 0.444. The molecule has 1 N–H and O–H groups in total. The largest absolute Gasteiger partial charge is 0.447 e. The maximum Gasteiger partial charge on any atom is 0.410 e. The van der Waals surface area contributed by atoms with Crippen molar-refractivity contribution in [2.24, 2.45) is 0 Å². The minimum absolute atomic E-state index is 0.0939. The minimum Gasteiger partial charge on any atom is -0.447 e. The number of thiazole rings is 1. The van der Waals surface area contributed by atoms with Crippen LogP contribution < -0.4 is 5.32 Å². The smallest absolute Gasteiger partial charge is 0.410 e. The summed E-state index contributed by atoms with van der Waals surface area (Å²) in [4.78, 5) is 18.2. The first-order chi connectivity index (χ1) is 12.0. The third-order valence-corrected chi connectivity index (χ3v) is 4.83. The monoisotopic (exact) mass is 363 g/mol. The van der Waals surface area contributed by atoms with Gasteiger partial charge in [-0.25, -0.2) is 14.2 Å². The van der Waals surface area contributed by atoms with Gasteiger partial charge in [0.25, 0.3) is 0 Å². The van der Waals surface area contributed by atoms with Crippen LogP contribution in [-0.2, 0) is 4.74 Å². The molecule has 0 bridgehead atoms. The van der Waals surface area contributed by atoms with E-state index in [-0.39, 0.29) is 24.1 Å². The van der Waals surface area contributed by atoms with E-state index in [1.165, 1.54) is 23.5 Å². The number of hydrogen-bond acceptors (Lipinski definition) is 5. The fourth-order valence-corrected chi connectivity index (χ4v) is 3.55. The molecular formula is C18H22FN3O2S. The van der Waals surface area contributed by atoms with E-state index >= 15 is 0 Å². The average molecular weight is 363 g/mol. The summed E-state index contributed by atoms with van der Waals surface area (Å²) in [5.74, 6) is -0.250. The molecule has 0 radical (unpaired) electrons. The lowest BCUT2D eigenvalue weighted by Gasteiger charge is -2.32. The molecule has 1 aromatic carbocycles. The number of benzene rings is 1. The van der Waals surface area contributed by atoms with Gasteiger partial charge in [-0.05, 0) is 51.0 Å². The number of amides is 1. The lowest BCUT2D eigenvalue weighted by molar-refractivity contribution is 0.0701. The predicted octanol–water partition coefficient (Wildman–Crippen LogP) is 4.37. The highest BCUT2D eigenvalue weighted by Crippen LogP contribution is 2.26. The number of carbonyl (C=O) groups excluding carboxylic acids is 1. The number of nitrogens with one attached hydrogen (secondary N) is 1. The van der Waals surface area contributed by atoms with Gasteiger partial charge in [0.05, 0.1) is 11.8 Å². The van der Waals surface area contributed by atoms with Crippen molar-refractivity contribution in [2.75, 3.05) is 18.4 Å². The molecule has 1 aromatic heterocycles. The highest BCUT2D eigenvalue weighted by atomic mass is 32.1. The maximum absolute atomic E-state index is 13.0. The van der Waals surface area contributed by atoms with Gasteiger partial charge in [0.15, 0.2) is 5.13 Å². The molecule has 25 heavy (non-hydrogen) atoms. The Morgan fingerprint density at radius 1 is 1.32 bits per heavy atom. The van der Waals surface area contributed by atoms with Crippen molar-refractivity contribution in [3.05, 3.63) is 35.5 Å². The molecule has 134 valence electrons. The molecule has 1 amide bonds. The molecule has 1 saturated heterocycles. The minimum atomic E-state index is -0.250. The maximum atomic E-state index is 13.0. The van der Waals surface area contributed by atoms with E-state index in [1.807, 2.05) is 19.2 Å². The Morgan fingerprint density at radius 2 is 2.00 bits per heavy atom. The highest BCUT2D eigenvalue weighted by molar-refractivity contribution is 7.14. The topological polar surface area (TPSA) is 54.5 Å². The second kappa shape index (κ2) is 7.82.